The third-order valence-electron chi connectivity index (χ3n) is 1.79. The Labute approximate surface area is 90.0 Å². The minimum absolute atomic E-state index is 0.106. The van der Waals surface area contributed by atoms with Crippen LogP contribution in [-0.2, 0) is 17.9 Å². The van der Waals surface area contributed by atoms with Crippen LogP contribution < -0.4 is 11.1 Å². The van der Waals surface area contributed by atoms with Gasteiger partial charge >= 0.3 is 0 Å². The minimum atomic E-state index is -0.201. The summed E-state index contributed by atoms with van der Waals surface area (Å²) in [7, 11) is 0. The number of anilines is 1. The van der Waals surface area contributed by atoms with E-state index >= 15 is 0 Å². The van der Waals surface area contributed by atoms with Gasteiger partial charge in [0.1, 0.15) is 6.54 Å². The number of H-pyrrole nitrogens is 1. The van der Waals surface area contributed by atoms with Crippen molar-refractivity contribution in [2.75, 3.05) is 5.73 Å². The molecule has 0 fully saturated rings. The van der Waals surface area contributed by atoms with Crippen molar-refractivity contribution in [1.29, 1.82) is 0 Å². The number of rotatable bonds is 4. The van der Waals surface area contributed by atoms with Gasteiger partial charge in [-0.1, -0.05) is 5.21 Å². The zero-order valence-electron chi connectivity index (χ0n) is 8.29. The SMILES string of the molecule is Nc1cnn(CC(=O)NCc2nn[nH]n2)c1. The maximum atomic E-state index is 11.4. The molecule has 0 saturated heterocycles. The van der Waals surface area contributed by atoms with E-state index in [9.17, 15) is 4.79 Å². The molecule has 0 aromatic carbocycles. The van der Waals surface area contributed by atoms with Gasteiger partial charge in [-0.3, -0.25) is 9.48 Å². The Bertz CT molecular complexity index is 460. The summed E-state index contributed by atoms with van der Waals surface area (Å²) in [5, 5.41) is 19.5. The fourth-order valence-corrected chi connectivity index (χ4v) is 1.10. The smallest absolute Gasteiger partial charge is 0.242 e. The second-order valence-electron chi connectivity index (χ2n) is 3.08. The molecule has 0 aliphatic rings. The van der Waals surface area contributed by atoms with E-state index in [1.165, 1.54) is 10.9 Å². The largest absolute Gasteiger partial charge is 0.396 e. The summed E-state index contributed by atoms with van der Waals surface area (Å²) < 4.78 is 1.45. The summed E-state index contributed by atoms with van der Waals surface area (Å²) in [5.41, 5.74) is 5.98. The highest BCUT2D eigenvalue weighted by molar-refractivity contribution is 5.75. The number of carbonyl (C=O) groups excluding carboxylic acids is 1. The molecule has 0 aliphatic heterocycles. The van der Waals surface area contributed by atoms with Crippen molar-refractivity contribution in [1.82, 2.24) is 35.7 Å². The number of aromatic amines is 1. The molecule has 0 bridgehead atoms. The first-order valence-electron chi connectivity index (χ1n) is 4.51. The molecule has 1 amide bonds. The van der Waals surface area contributed by atoms with E-state index in [-0.39, 0.29) is 19.0 Å². The Morgan fingerprint density at radius 2 is 2.50 bits per heavy atom. The summed E-state index contributed by atoms with van der Waals surface area (Å²) in [6, 6.07) is 0. The maximum absolute atomic E-state index is 11.4. The molecule has 0 unspecified atom stereocenters. The molecule has 2 aromatic rings. The monoisotopic (exact) mass is 222 g/mol. The van der Waals surface area contributed by atoms with Gasteiger partial charge in [-0.2, -0.15) is 10.3 Å². The molecule has 4 N–H and O–H groups in total. The normalized spacial score (nSPS) is 10.2. The fourth-order valence-electron chi connectivity index (χ4n) is 1.10. The van der Waals surface area contributed by atoms with E-state index in [0.717, 1.165) is 0 Å². The van der Waals surface area contributed by atoms with E-state index in [1.54, 1.807) is 6.20 Å². The van der Waals surface area contributed by atoms with E-state index in [4.69, 9.17) is 5.73 Å². The Kier molecular flexibility index (Phi) is 2.76. The van der Waals surface area contributed by atoms with Crippen LogP contribution in [0, 0.1) is 0 Å². The molecular weight excluding hydrogens is 212 g/mol. The number of amides is 1. The van der Waals surface area contributed by atoms with Crippen molar-refractivity contribution in [3.8, 4) is 0 Å². The Balaban J connectivity index is 1.81. The topological polar surface area (TPSA) is 127 Å². The van der Waals surface area contributed by atoms with Crippen LogP contribution in [0.25, 0.3) is 0 Å². The van der Waals surface area contributed by atoms with Crippen LogP contribution >= 0.6 is 0 Å². The molecule has 16 heavy (non-hydrogen) atoms. The quantitative estimate of drug-likeness (QED) is 0.565. The average Bonchev–Trinajstić information content (AvgIpc) is 2.87. The number of hydrogen-bond donors (Lipinski definition) is 3. The zero-order chi connectivity index (χ0) is 11.4. The lowest BCUT2D eigenvalue weighted by molar-refractivity contribution is -0.122. The average molecular weight is 222 g/mol. The molecule has 0 saturated carbocycles. The molecular formula is C7H10N8O. The van der Waals surface area contributed by atoms with E-state index in [2.05, 4.69) is 31.0 Å². The summed E-state index contributed by atoms with van der Waals surface area (Å²) in [4.78, 5) is 11.4. The minimum Gasteiger partial charge on any atom is -0.396 e. The highest BCUT2D eigenvalue weighted by Crippen LogP contribution is 1.97. The first-order chi connectivity index (χ1) is 7.74. The lowest BCUT2D eigenvalue weighted by Crippen LogP contribution is -2.27. The lowest BCUT2D eigenvalue weighted by Gasteiger charge is -2.01. The van der Waals surface area contributed by atoms with E-state index in [0.29, 0.717) is 11.5 Å². The van der Waals surface area contributed by atoms with Crippen LogP contribution in [0.3, 0.4) is 0 Å². The number of nitrogen functional groups attached to an aromatic ring is 1. The van der Waals surface area contributed by atoms with Crippen molar-refractivity contribution in [2.24, 2.45) is 0 Å². The number of carbonyl (C=O) groups is 1. The first-order valence-corrected chi connectivity index (χ1v) is 4.51. The van der Waals surface area contributed by atoms with Gasteiger partial charge < -0.3 is 11.1 Å². The van der Waals surface area contributed by atoms with Crippen LogP contribution in [0.1, 0.15) is 5.82 Å². The molecule has 2 rings (SSSR count). The van der Waals surface area contributed by atoms with Crippen molar-refractivity contribution in [3.05, 3.63) is 18.2 Å². The zero-order valence-corrected chi connectivity index (χ0v) is 8.29. The van der Waals surface area contributed by atoms with Crippen molar-refractivity contribution in [2.45, 2.75) is 13.1 Å². The third-order valence-corrected chi connectivity index (χ3v) is 1.79. The van der Waals surface area contributed by atoms with Crippen LogP contribution in [0.15, 0.2) is 12.4 Å². The number of nitrogens with zero attached hydrogens (tertiary/aromatic N) is 5. The predicted octanol–water partition coefficient (Wildman–Crippen LogP) is -1.71. The lowest BCUT2D eigenvalue weighted by atomic mass is 10.5. The maximum Gasteiger partial charge on any atom is 0.242 e. The van der Waals surface area contributed by atoms with Gasteiger partial charge in [0.2, 0.25) is 5.91 Å². The van der Waals surface area contributed by atoms with Crippen LogP contribution in [0.5, 0.6) is 0 Å². The summed E-state index contributed by atoms with van der Waals surface area (Å²) in [6.45, 7) is 0.334. The van der Waals surface area contributed by atoms with Gasteiger partial charge in [-0.15, -0.1) is 10.2 Å². The van der Waals surface area contributed by atoms with Gasteiger partial charge in [-0.05, 0) is 0 Å². The molecule has 9 heteroatoms. The molecule has 2 aromatic heterocycles. The van der Waals surface area contributed by atoms with Gasteiger partial charge in [-0.25, -0.2) is 0 Å². The third kappa shape index (κ3) is 2.53. The first kappa shape index (κ1) is 10.1. The van der Waals surface area contributed by atoms with Crippen molar-refractivity contribution >= 4 is 11.6 Å². The highest BCUT2D eigenvalue weighted by atomic mass is 16.2. The number of tetrazole rings is 1. The highest BCUT2D eigenvalue weighted by Gasteiger charge is 2.05. The van der Waals surface area contributed by atoms with Gasteiger partial charge in [0.15, 0.2) is 5.82 Å². The molecule has 0 spiro atoms. The number of nitrogens with one attached hydrogen (secondary N) is 2. The molecule has 0 aliphatic carbocycles. The number of aromatic nitrogens is 6. The van der Waals surface area contributed by atoms with E-state index < -0.39 is 0 Å². The fraction of sp³-hybridized carbons (Fsp3) is 0.286. The van der Waals surface area contributed by atoms with Crippen molar-refractivity contribution in [3.63, 3.8) is 0 Å². The predicted molar refractivity (Wildman–Crippen MR) is 52.7 cm³/mol. The van der Waals surface area contributed by atoms with Crippen LogP contribution in [0.4, 0.5) is 5.69 Å². The molecule has 9 nitrogen and oxygen atoms in total. The van der Waals surface area contributed by atoms with Gasteiger partial charge in [0.05, 0.1) is 18.4 Å². The number of nitrogens with two attached hydrogens (primary N) is 1. The standard InChI is InChI=1S/C7H10N8O/c8-5-1-10-15(3-5)4-7(16)9-2-6-11-13-14-12-6/h1,3H,2,4,8H2,(H,9,16)(H,11,12,13,14). The molecule has 84 valence electrons. The van der Waals surface area contributed by atoms with Crippen molar-refractivity contribution < 1.29 is 4.79 Å². The summed E-state index contributed by atoms with van der Waals surface area (Å²) in [5.74, 6) is 0.223. The number of hydrogen-bond acceptors (Lipinski definition) is 6. The van der Waals surface area contributed by atoms with Crippen LogP contribution in [-0.4, -0.2) is 36.3 Å². The summed E-state index contributed by atoms with van der Waals surface area (Å²) >= 11 is 0. The van der Waals surface area contributed by atoms with E-state index in [1.807, 2.05) is 0 Å². The molecule has 0 radical (unpaired) electrons. The molecule has 2 heterocycles. The van der Waals surface area contributed by atoms with Gasteiger partial charge in [0, 0.05) is 6.20 Å². The Hall–Kier alpha value is -2.45. The Morgan fingerprint density at radius 3 is 3.12 bits per heavy atom. The summed E-state index contributed by atoms with van der Waals surface area (Å²) in [6.07, 6.45) is 3.06. The second kappa shape index (κ2) is 4.38. The molecule has 0 atom stereocenters. The van der Waals surface area contributed by atoms with Gasteiger partial charge in [0.25, 0.3) is 0 Å². The van der Waals surface area contributed by atoms with Crippen LogP contribution in [0.2, 0.25) is 0 Å². The Morgan fingerprint density at radius 1 is 1.62 bits per heavy atom. The second-order valence-corrected chi connectivity index (χ2v) is 3.08.